The highest BCUT2D eigenvalue weighted by Gasteiger charge is 2.33. The second kappa shape index (κ2) is 6.03. The first-order valence-corrected chi connectivity index (χ1v) is 8.03. The van der Waals surface area contributed by atoms with Crippen LogP contribution in [0.1, 0.15) is 54.1 Å². The molecule has 0 spiro atoms. The first kappa shape index (κ1) is 14.3. The Morgan fingerprint density at radius 3 is 2.33 bits per heavy atom. The van der Waals surface area contributed by atoms with E-state index in [0.29, 0.717) is 12.1 Å². The molecule has 2 atom stereocenters. The molecule has 110 valence electrons. The van der Waals surface area contributed by atoms with Gasteiger partial charge in [0.25, 0.3) is 0 Å². The molecule has 2 aromatic carbocycles. The Morgan fingerprint density at radius 1 is 1.00 bits per heavy atom. The van der Waals surface area contributed by atoms with Crippen LogP contribution in [0.3, 0.4) is 0 Å². The van der Waals surface area contributed by atoms with Gasteiger partial charge < -0.3 is 5.32 Å². The van der Waals surface area contributed by atoms with E-state index in [1.54, 1.807) is 0 Å². The van der Waals surface area contributed by atoms with Crippen molar-refractivity contribution in [2.75, 3.05) is 0 Å². The van der Waals surface area contributed by atoms with Gasteiger partial charge in [-0.2, -0.15) is 0 Å². The summed E-state index contributed by atoms with van der Waals surface area (Å²) in [4.78, 5) is 0. The topological polar surface area (TPSA) is 12.0 Å². The summed E-state index contributed by atoms with van der Waals surface area (Å²) in [6, 6.07) is 18.5. The maximum Gasteiger partial charge on any atom is 0.0353 e. The molecule has 0 saturated heterocycles. The lowest BCUT2D eigenvalue weighted by Gasteiger charge is -2.25. The number of rotatable bonds is 5. The first-order valence-electron chi connectivity index (χ1n) is 8.03. The largest absolute Gasteiger partial charge is 0.303 e. The van der Waals surface area contributed by atoms with Gasteiger partial charge in [0, 0.05) is 12.1 Å². The molecule has 0 amide bonds. The summed E-state index contributed by atoms with van der Waals surface area (Å²) < 4.78 is 0. The summed E-state index contributed by atoms with van der Waals surface area (Å²) in [5.74, 6) is 0.806. The Labute approximate surface area is 128 Å². The minimum atomic E-state index is 0.386. The van der Waals surface area contributed by atoms with E-state index in [0.717, 1.165) is 5.92 Å². The smallest absolute Gasteiger partial charge is 0.0353 e. The van der Waals surface area contributed by atoms with Crippen LogP contribution in [0.15, 0.2) is 48.5 Å². The van der Waals surface area contributed by atoms with Crippen molar-refractivity contribution in [1.29, 1.82) is 0 Å². The molecule has 0 aromatic heterocycles. The molecule has 0 heterocycles. The molecule has 0 radical (unpaired) electrons. The van der Waals surface area contributed by atoms with Crippen LogP contribution in [-0.4, -0.2) is 0 Å². The van der Waals surface area contributed by atoms with Crippen LogP contribution >= 0.6 is 0 Å². The lowest BCUT2D eigenvalue weighted by molar-refractivity contribution is 0.426. The van der Waals surface area contributed by atoms with Crippen LogP contribution in [-0.2, 0) is 0 Å². The highest BCUT2D eigenvalue weighted by molar-refractivity contribution is 5.33. The van der Waals surface area contributed by atoms with Crippen molar-refractivity contribution in [1.82, 2.24) is 5.32 Å². The minimum Gasteiger partial charge on any atom is -0.303 e. The Bertz CT molecular complexity index is 598. The van der Waals surface area contributed by atoms with Crippen LogP contribution in [0.4, 0.5) is 0 Å². The van der Waals surface area contributed by atoms with Gasteiger partial charge in [-0.3, -0.25) is 0 Å². The van der Waals surface area contributed by atoms with Crippen LogP contribution in [0.25, 0.3) is 0 Å². The third-order valence-corrected chi connectivity index (χ3v) is 4.57. The van der Waals surface area contributed by atoms with Gasteiger partial charge in [-0.1, -0.05) is 54.1 Å². The van der Waals surface area contributed by atoms with Crippen molar-refractivity contribution in [2.45, 2.75) is 45.7 Å². The van der Waals surface area contributed by atoms with Crippen LogP contribution in [0, 0.1) is 19.8 Å². The quantitative estimate of drug-likeness (QED) is 0.802. The molecule has 0 bridgehead atoms. The molecular weight excluding hydrogens is 254 g/mol. The van der Waals surface area contributed by atoms with E-state index in [9.17, 15) is 0 Å². The van der Waals surface area contributed by atoms with E-state index < -0.39 is 0 Å². The van der Waals surface area contributed by atoms with Crippen molar-refractivity contribution < 1.29 is 0 Å². The molecule has 21 heavy (non-hydrogen) atoms. The second-order valence-corrected chi connectivity index (χ2v) is 6.47. The zero-order valence-electron chi connectivity index (χ0n) is 13.3. The molecule has 2 aromatic rings. The first-order chi connectivity index (χ1) is 10.1. The molecule has 0 aliphatic heterocycles. The predicted octanol–water partition coefficient (Wildman–Crippen LogP) is 5.11. The van der Waals surface area contributed by atoms with Gasteiger partial charge >= 0.3 is 0 Å². The molecule has 1 saturated carbocycles. The normalized spacial score (nSPS) is 17.5. The fourth-order valence-corrected chi connectivity index (χ4v) is 3.26. The fourth-order valence-electron chi connectivity index (χ4n) is 3.26. The third-order valence-electron chi connectivity index (χ3n) is 4.57. The number of nitrogens with one attached hydrogen (secondary N) is 1. The highest BCUT2D eigenvalue weighted by atomic mass is 15.0. The highest BCUT2D eigenvalue weighted by Crippen LogP contribution is 2.42. The molecule has 1 fully saturated rings. The van der Waals surface area contributed by atoms with Crippen LogP contribution in [0.5, 0.6) is 0 Å². The van der Waals surface area contributed by atoms with Gasteiger partial charge in [-0.05, 0) is 56.2 Å². The predicted molar refractivity (Wildman–Crippen MR) is 89.4 cm³/mol. The lowest BCUT2D eigenvalue weighted by atomic mass is 9.96. The molecule has 2 unspecified atom stereocenters. The maximum atomic E-state index is 3.87. The Kier molecular flexibility index (Phi) is 4.12. The number of hydrogen-bond donors (Lipinski definition) is 1. The van der Waals surface area contributed by atoms with Gasteiger partial charge in [0.05, 0.1) is 0 Å². The van der Waals surface area contributed by atoms with Gasteiger partial charge in [-0.25, -0.2) is 0 Å². The zero-order valence-corrected chi connectivity index (χ0v) is 13.3. The van der Waals surface area contributed by atoms with Crippen molar-refractivity contribution in [3.8, 4) is 0 Å². The average Bonchev–Trinajstić information content (AvgIpc) is 3.30. The van der Waals surface area contributed by atoms with E-state index in [1.807, 2.05) is 0 Å². The van der Waals surface area contributed by atoms with E-state index >= 15 is 0 Å². The molecular formula is C20H25N. The van der Waals surface area contributed by atoms with Crippen LogP contribution < -0.4 is 5.32 Å². The third kappa shape index (κ3) is 3.36. The average molecular weight is 279 g/mol. The summed E-state index contributed by atoms with van der Waals surface area (Å²) in [6.45, 7) is 6.66. The van der Waals surface area contributed by atoms with Crippen molar-refractivity contribution in [2.24, 2.45) is 5.92 Å². The summed E-state index contributed by atoms with van der Waals surface area (Å²) in [5.41, 5.74) is 5.57. The summed E-state index contributed by atoms with van der Waals surface area (Å²) in [5, 5.41) is 3.87. The summed E-state index contributed by atoms with van der Waals surface area (Å²) >= 11 is 0. The SMILES string of the molecule is Cc1ccc(C(C)NC(c2ccccc2)C2CC2)c(C)c1. The van der Waals surface area contributed by atoms with E-state index in [1.165, 1.54) is 35.1 Å². The van der Waals surface area contributed by atoms with E-state index in [-0.39, 0.29) is 0 Å². The molecule has 3 rings (SSSR count). The van der Waals surface area contributed by atoms with Gasteiger partial charge in [0.15, 0.2) is 0 Å². The van der Waals surface area contributed by atoms with Gasteiger partial charge in [0.1, 0.15) is 0 Å². The van der Waals surface area contributed by atoms with Gasteiger partial charge in [0.2, 0.25) is 0 Å². The molecule has 1 aliphatic rings. The van der Waals surface area contributed by atoms with Gasteiger partial charge in [-0.15, -0.1) is 0 Å². The Morgan fingerprint density at radius 2 is 1.71 bits per heavy atom. The fraction of sp³-hybridized carbons (Fsp3) is 0.400. The van der Waals surface area contributed by atoms with Crippen LogP contribution in [0.2, 0.25) is 0 Å². The van der Waals surface area contributed by atoms with Crippen molar-refractivity contribution >= 4 is 0 Å². The molecule has 1 N–H and O–H groups in total. The Hall–Kier alpha value is -1.60. The lowest BCUT2D eigenvalue weighted by Crippen LogP contribution is -2.26. The monoisotopic (exact) mass is 279 g/mol. The van der Waals surface area contributed by atoms with Crippen molar-refractivity contribution in [3.63, 3.8) is 0 Å². The van der Waals surface area contributed by atoms with Crippen molar-refractivity contribution in [3.05, 3.63) is 70.8 Å². The molecule has 1 heteroatoms. The van der Waals surface area contributed by atoms with E-state index in [4.69, 9.17) is 0 Å². The molecule has 1 aliphatic carbocycles. The molecule has 1 nitrogen and oxygen atoms in total. The van der Waals surface area contributed by atoms with E-state index in [2.05, 4.69) is 74.6 Å². The minimum absolute atomic E-state index is 0.386. The standard InChI is InChI=1S/C20H25N/c1-14-9-12-19(15(2)13-14)16(3)21-20(18-10-11-18)17-7-5-4-6-8-17/h4-9,12-13,16,18,20-21H,10-11H2,1-3H3. The number of hydrogen-bond acceptors (Lipinski definition) is 1. The zero-order chi connectivity index (χ0) is 14.8. The second-order valence-electron chi connectivity index (χ2n) is 6.47. The number of benzene rings is 2. The maximum absolute atomic E-state index is 3.87. The number of aryl methyl sites for hydroxylation is 2. The summed E-state index contributed by atoms with van der Waals surface area (Å²) in [7, 11) is 0. The Balaban J connectivity index is 1.79. The summed E-state index contributed by atoms with van der Waals surface area (Å²) in [6.07, 6.45) is 2.71.